The van der Waals surface area contributed by atoms with Crippen LogP contribution >= 0.6 is 11.3 Å². The molecule has 0 fully saturated rings. The first-order chi connectivity index (χ1) is 29.7. The molecule has 0 radical (unpaired) electrons. The van der Waals surface area contributed by atoms with Crippen LogP contribution in [0.1, 0.15) is 0 Å². The van der Waals surface area contributed by atoms with E-state index in [0.29, 0.717) is 17.5 Å². The summed E-state index contributed by atoms with van der Waals surface area (Å²) in [5.74, 6) is 1.88. The maximum atomic E-state index is 5.33. The van der Waals surface area contributed by atoms with Gasteiger partial charge in [-0.05, 0) is 59.7 Å². The molecule has 60 heavy (non-hydrogen) atoms. The van der Waals surface area contributed by atoms with Gasteiger partial charge in [-0.2, -0.15) is 0 Å². The summed E-state index contributed by atoms with van der Waals surface area (Å²) in [6, 6.07) is 70.2. The lowest BCUT2D eigenvalue weighted by molar-refractivity contribution is 1.07. The monoisotopic (exact) mass is 783 g/mol. The fourth-order valence-corrected chi connectivity index (χ4v) is 9.81. The van der Waals surface area contributed by atoms with Gasteiger partial charge in [0.1, 0.15) is 0 Å². The molecule has 0 saturated carbocycles. The van der Waals surface area contributed by atoms with Gasteiger partial charge in [0.15, 0.2) is 17.5 Å². The van der Waals surface area contributed by atoms with Gasteiger partial charge in [-0.15, -0.1) is 11.3 Å². The van der Waals surface area contributed by atoms with Crippen molar-refractivity contribution in [2.45, 2.75) is 0 Å². The van der Waals surface area contributed by atoms with Gasteiger partial charge in [0.25, 0.3) is 0 Å². The number of rotatable bonds is 6. The van der Waals surface area contributed by atoms with Crippen molar-refractivity contribution in [3.8, 4) is 62.2 Å². The second kappa shape index (κ2) is 13.9. The number of hydrogen-bond donors (Lipinski definition) is 0. The van der Waals surface area contributed by atoms with Crippen LogP contribution in [0.4, 0.5) is 0 Å². The fourth-order valence-electron chi connectivity index (χ4n) is 8.58. The van der Waals surface area contributed by atoms with Crippen molar-refractivity contribution in [1.29, 1.82) is 0 Å². The van der Waals surface area contributed by atoms with Gasteiger partial charge < -0.3 is 4.57 Å². The van der Waals surface area contributed by atoms with E-state index in [1.807, 2.05) is 41.7 Å². The summed E-state index contributed by atoms with van der Waals surface area (Å²) in [5.41, 5.74) is 11.5. The van der Waals surface area contributed by atoms with Crippen LogP contribution in [0.15, 0.2) is 200 Å². The van der Waals surface area contributed by atoms with Crippen molar-refractivity contribution in [2.24, 2.45) is 0 Å². The van der Waals surface area contributed by atoms with Gasteiger partial charge in [0, 0.05) is 59.6 Å². The van der Waals surface area contributed by atoms with Crippen molar-refractivity contribution >= 4 is 64.2 Å². The van der Waals surface area contributed by atoms with Crippen molar-refractivity contribution in [3.63, 3.8) is 0 Å². The Bertz CT molecular complexity index is 3520. The predicted molar refractivity (Wildman–Crippen MR) is 250 cm³/mol. The van der Waals surface area contributed by atoms with Crippen LogP contribution < -0.4 is 0 Å². The van der Waals surface area contributed by atoms with Crippen molar-refractivity contribution in [3.05, 3.63) is 200 Å². The first kappa shape index (κ1) is 34.3. The van der Waals surface area contributed by atoms with Crippen LogP contribution in [0.2, 0.25) is 0 Å². The van der Waals surface area contributed by atoms with E-state index >= 15 is 0 Å². The summed E-state index contributed by atoms with van der Waals surface area (Å²) in [6.07, 6.45) is 0. The number of fused-ring (bicyclic) bond motifs is 8. The Kier molecular flexibility index (Phi) is 7.96. The van der Waals surface area contributed by atoms with Crippen LogP contribution in [0, 0.1) is 0 Å². The Morgan fingerprint density at radius 3 is 1.47 bits per heavy atom. The van der Waals surface area contributed by atoms with E-state index in [1.54, 1.807) is 0 Å². The molecular formula is C54H33N5S. The minimum atomic E-state index is 0.622. The molecule has 0 N–H and O–H groups in total. The molecule has 8 aromatic carbocycles. The van der Waals surface area contributed by atoms with E-state index in [0.717, 1.165) is 55.7 Å². The van der Waals surface area contributed by atoms with Gasteiger partial charge in [0.05, 0.1) is 26.9 Å². The van der Waals surface area contributed by atoms with E-state index < -0.39 is 0 Å². The largest absolute Gasteiger partial charge is 0.309 e. The summed E-state index contributed by atoms with van der Waals surface area (Å²) < 4.78 is 4.81. The van der Waals surface area contributed by atoms with Crippen LogP contribution in [0.5, 0.6) is 0 Å². The van der Waals surface area contributed by atoms with E-state index in [1.165, 1.54) is 42.0 Å². The number of thiophene rings is 1. The van der Waals surface area contributed by atoms with E-state index in [2.05, 4.69) is 174 Å². The molecule has 280 valence electrons. The molecule has 0 unspecified atom stereocenters. The third-order valence-corrected chi connectivity index (χ3v) is 12.6. The molecule has 5 nitrogen and oxygen atoms in total. The standard InChI is InChI=1S/C54H33N5S/c1-3-13-35(14-4-1)50-51-49(44-19-9-12-22-48(44)60-51)43-32-29-39(33-45(43)55-50)34-23-25-37(26-24-34)53-56-52(36-15-5-2-6-16-36)57-54(58-53)38-27-30-40(31-28-38)59-46-20-10-7-17-41(46)42-18-8-11-21-47(42)59/h1-33H. The van der Waals surface area contributed by atoms with Crippen LogP contribution in [0.25, 0.3) is 115 Å². The third kappa shape index (κ3) is 5.69. The van der Waals surface area contributed by atoms with Crippen molar-refractivity contribution in [1.82, 2.24) is 24.5 Å². The van der Waals surface area contributed by atoms with Crippen LogP contribution in [0.3, 0.4) is 0 Å². The number of para-hydroxylation sites is 2. The Morgan fingerprint density at radius 1 is 0.350 bits per heavy atom. The van der Waals surface area contributed by atoms with Gasteiger partial charge in [-0.3, -0.25) is 0 Å². The molecule has 4 aromatic heterocycles. The molecule has 0 aliphatic rings. The lowest BCUT2D eigenvalue weighted by Crippen LogP contribution is -2.00. The average molecular weight is 784 g/mol. The minimum absolute atomic E-state index is 0.622. The number of nitrogens with zero attached hydrogens (tertiary/aromatic N) is 5. The quantitative estimate of drug-likeness (QED) is 0.169. The Labute approximate surface area is 349 Å². The summed E-state index contributed by atoms with van der Waals surface area (Å²) in [6.45, 7) is 0. The summed E-state index contributed by atoms with van der Waals surface area (Å²) in [4.78, 5) is 20.4. The number of pyridine rings is 1. The lowest BCUT2D eigenvalue weighted by Gasteiger charge is -2.11. The molecular weight excluding hydrogens is 751 g/mol. The molecule has 0 saturated heterocycles. The first-order valence-corrected chi connectivity index (χ1v) is 20.9. The highest BCUT2D eigenvalue weighted by Gasteiger charge is 2.18. The van der Waals surface area contributed by atoms with E-state index in [4.69, 9.17) is 19.9 Å². The second-order valence-electron chi connectivity index (χ2n) is 15.0. The molecule has 0 atom stereocenters. The molecule has 12 rings (SSSR count). The Hall–Kier alpha value is -7.80. The predicted octanol–water partition coefficient (Wildman–Crippen LogP) is 14.2. The second-order valence-corrected chi connectivity index (χ2v) is 16.1. The highest BCUT2D eigenvalue weighted by molar-refractivity contribution is 7.26. The molecule has 6 heteroatoms. The fraction of sp³-hybridized carbons (Fsp3) is 0. The normalized spacial score (nSPS) is 11.7. The lowest BCUT2D eigenvalue weighted by atomic mass is 9.99. The number of aromatic nitrogens is 5. The molecule has 4 heterocycles. The smallest absolute Gasteiger partial charge is 0.164 e. The topological polar surface area (TPSA) is 56.5 Å². The van der Waals surface area contributed by atoms with Gasteiger partial charge in [0.2, 0.25) is 0 Å². The number of benzene rings is 8. The van der Waals surface area contributed by atoms with Crippen LogP contribution in [-0.4, -0.2) is 24.5 Å². The van der Waals surface area contributed by atoms with Gasteiger partial charge >= 0.3 is 0 Å². The van der Waals surface area contributed by atoms with E-state index in [9.17, 15) is 0 Å². The molecule has 0 aliphatic heterocycles. The highest BCUT2D eigenvalue weighted by atomic mass is 32.1. The summed E-state index contributed by atoms with van der Waals surface area (Å²) in [5, 5.41) is 6.17. The molecule has 0 aliphatic carbocycles. The van der Waals surface area contributed by atoms with Crippen LogP contribution in [-0.2, 0) is 0 Å². The maximum absolute atomic E-state index is 5.33. The summed E-state index contributed by atoms with van der Waals surface area (Å²) >= 11 is 1.82. The molecule has 0 spiro atoms. The Balaban J connectivity index is 0.932. The van der Waals surface area contributed by atoms with Crippen molar-refractivity contribution < 1.29 is 0 Å². The maximum Gasteiger partial charge on any atom is 0.164 e. The molecule has 12 aromatic rings. The van der Waals surface area contributed by atoms with Gasteiger partial charge in [-0.1, -0.05) is 152 Å². The van der Waals surface area contributed by atoms with Crippen molar-refractivity contribution in [2.75, 3.05) is 0 Å². The SMILES string of the molecule is c1ccc(-c2nc(-c3ccc(-c4ccc5c(c4)nc(-c4ccccc4)c4sc6ccccc6c45)cc3)nc(-c3ccc(-n4c5ccccc5c5ccccc54)cc3)n2)cc1. The van der Waals surface area contributed by atoms with E-state index in [-0.39, 0.29) is 0 Å². The summed E-state index contributed by atoms with van der Waals surface area (Å²) in [7, 11) is 0. The van der Waals surface area contributed by atoms with Gasteiger partial charge in [-0.25, -0.2) is 19.9 Å². The zero-order valence-electron chi connectivity index (χ0n) is 32.2. The first-order valence-electron chi connectivity index (χ1n) is 20.1. The zero-order valence-corrected chi connectivity index (χ0v) is 33.0. The zero-order chi connectivity index (χ0) is 39.6. The minimum Gasteiger partial charge on any atom is -0.309 e. The molecule has 0 bridgehead atoms. The average Bonchev–Trinajstić information content (AvgIpc) is 3.88. The number of hydrogen-bond acceptors (Lipinski definition) is 5. The Morgan fingerprint density at radius 2 is 0.833 bits per heavy atom. The molecule has 0 amide bonds. The third-order valence-electron chi connectivity index (χ3n) is 11.5. The highest BCUT2D eigenvalue weighted by Crippen LogP contribution is 2.43.